The molecule has 1 atom stereocenters. The average Bonchev–Trinajstić information content (AvgIpc) is 2.50. The minimum Gasteiger partial charge on any atom is -0.252 e. The first-order valence-electron chi connectivity index (χ1n) is 5.65. The van der Waals surface area contributed by atoms with Gasteiger partial charge in [0.1, 0.15) is 0 Å². The van der Waals surface area contributed by atoms with Crippen molar-refractivity contribution < 1.29 is 0 Å². The Bertz CT molecular complexity index is 281. The van der Waals surface area contributed by atoms with Crippen LogP contribution in [0.1, 0.15) is 39.3 Å². The molecule has 1 heterocycles. The van der Waals surface area contributed by atoms with Crippen molar-refractivity contribution in [3.63, 3.8) is 0 Å². The summed E-state index contributed by atoms with van der Waals surface area (Å²) >= 11 is 4.34. The molecule has 4 heteroatoms. The topological polar surface area (TPSA) is 30.7 Å². The van der Waals surface area contributed by atoms with Crippen LogP contribution in [0.15, 0.2) is 6.20 Å². The molecule has 0 saturated carbocycles. The van der Waals surface area contributed by atoms with E-state index < -0.39 is 0 Å². The molecule has 1 aromatic rings. The Hall–Kier alpha value is -0.510. The highest BCUT2D eigenvalue weighted by Crippen LogP contribution is 2.07. The van der Waals surface area contributed by atoms with Crippen LogP contribution in [0.5, 0.6) is 0 Å². The molecule has 1 rings (SSSR count). The summed E-state index contributed by atoms with van der Waals surface area (Å²) in [5.74, 6) is 0.769. The molecular weight excluding hydrogens is 206 g/mol. The van der Waals surface area contributed by atoms with Crippen molar-refractivity contribution in [1.82, 2.24) is 15.0 Å². The van der Waals surface area contributed by atoms with Crippen LogP contribution in [-0.4, -0.2) is 20.2 Å². The molecule has 86 valence electrons. The Morgan fingerprint density at radius 1 is 1.40 bits per heavy atom. The number of thiol groups is 1. The lowest BCUT2D eigenvalue weighted by atomic mass is 10.1. The predicted octanol–water partition coefficient (Wildman–Crippen LogP) is 2.58. The summed E-state index contributed by atoms with van der Waals surface area (Å²) in [4.78, 5) is 0. The molecule has 1 aromatic heterocycles. The number of hydrogen-bond acceptors (Lipinski definition) is 3. The highest BCUT2D eigenvalue weighted by atomic mass is 32.1. The molecular formula is C11H21N3S. The molecule has 0 amide bonds. The Morgan fingerprint density at radius 3 is 2.73 bits per heavy atom. The van der Waals surface area contributed by atoms with Crippen LogP contribution in [0, 0.1) is 5.92 Å². The first-order valence-corrected chi connectivity index (χ1v) is 6.16. The van der Waals surface area contributed by atoms with Crippen molar-refractivity contribution in [2.45, 2.75) is 51.8 Å². The Kier molecular flexibility index (Phi) is 5.15. The molecule has 1 unspecified atom stereocenters. The molecule has 3 nitrogen and oxygen atoms in total. The fourth-order valence-electron chi connectivity index (χ4n) is 1.51. The molecule has 0 aliphatic heterocycles. The summed E-state index contributed by atoms with van der Waals surface area (Å²) in [5.41, 5.74) is 1.04. The SMILES string of the molecule is CC(C)CCCn1cc(CC(C)S)nn1. The zero-order valence-electron chi connectivity index (χ0n) is 9.85. The van der Waals surface area contributed by atoms with Crippen molar-refractivity contribution in [2.75, 3.05) is 0 Å². The van der Waals surface area contributed by atoms with E-state index in [1.165, 1.54) is 12.8 Å². The van der Waals surface area contributed by atoms with E-state index in [1.807, 2.05) is 10.9 Å². The largest absolute Gasteiger partial charge is 0.252 e. The molecule has 0 saturated heterocycles. The fraction of sp³-hybridized carbons (Fsp3) is 0.818. The van der Waals surface area contributed by atoms with Gasteiger partial charge in [-0.05, 0) is 18.8 Å². The van der Waals surface area contributed by atoms with Gasteiger partial charge in [-0.2, -0.15) is 12.6 Å². The van der Waals surface area contributed by atoms with Crippen molar-refractivity contribution in [3.05, 3.63) is 11.9 Å². The van der Waals surface area contributed by atoms with E-state index in [0.717, 1.165) is 24.6 Å². The maximum atomic E-state index is 4.34. The lowest BCUT2D eigenvalue weighted by molar-refractivity contribution is 0.482. The number of rotatable bonds is 6. The van der Waals surface area contributed by atoms with Crippen LogP contribution in [0.25, 0.3) is 0 Å². The molecule has 0 radical (unpaired) electrons. The maximum Gasteiger partial charge on any atom is 0.0837 e. The van der Waals surface area contributed by atoms with Crippen LogP contribution in [0.3, 0.4) is 0 Å². The second-order valence-corrected chi connectivity index (χ2v) is 5.44. The summed E-state index contributed by atoms with van der Waals surface area (Å²) in [5, 5.41) is 8.57. The molecule has 0 aliphatic rings. The van der Waals surface area contributed by atoms with Gasteiger partial charge in [0, 0.05) is 24.4 Å². The highest BCUT2D eigenvalue weighted by Gasteiger charge is 2.03. The van der Waals surface area contributed by atoms with Gasteiger partial charge in [0.25, 0.3) is 0 Å². The number of aryl methyl sites for hydroxylation is 1. The molecule has 0 aliphatic carbocycles. The van der Waals surface area contributed by atoms with Gasteiger partial charge in [0.05, 0.1) is 5.69 Å². The van der Waals surface area contributed by atoms with Crippen LogP contribution in [0.2, 0.25) is 0 Å². The van der Waals surface area contributed by atoms with E-state index in [-0.39, 0.29) is 0 Å². The zero-order valence-corrected chi connectivity index (χ0v) is 10.7. The third-order valence-corrected chi connectivity index (χ3v) is 2.44. The van der Waals surface area contributed by atoms with Crippen molar-refractivity contribution in [2.24, 2.45) is 5.92 Å². The van der Waals surface area contributed by atoms with E-state index in [9.17, 15) is 0 Å². The summed E-state index contributed by atoms with van der Waals surface area (Å²) in [6.45, 7) is 7.54. The van der Waals surface area contributed by atoms with Gasteiger partial charge in [0.2, 0.25) is 0 Å². The molecule has 0 spiro atoms. The summed E-state index contributed by atoms with van der Waals surface area (Å²) in [7, 11) is 0. The maximum absolute atomic E-state index is 4.34. The minimum absolute atomic E-state index is 0.353. The lowest BCUT2D eigenvalue weighted by Crippen LogP contribution is -2.00. The molecule has 0 bridgehead atoms. The van der Waals surface area contributed by atoms with E-state index >= 15 is 0 Å². The molecule has 15 heavy (non-hydrogen) atoms. The van der Waals surface area contributed by atoms with E-state index in [0.29, 0.717) is 5.25 Å². The van der Waals surface area contributed by atoms with Crippen molar-refractivity contribution >= 4 is 12.6 Å². The fourth-order valence-corrected chi connectivity index (χ4v) is 1.69. The van der Waals surface area contributed by atoms with Crippen LogP contribution < -0.4 is 0 Å². The van der Waals surface area contributed by atoms with Crippen molar-refractivity contribution in [3.8, 4) is 0 Å². The lowest BCUT2D eigenvalue weighted by Gasteiger charge is -2.03. The smallest absolute Gasteiger partial charge is 0.0837 e. The van der Waals surface area contributed by atoms with Gasteiger partial charge < -0.3 is 0 Å². The van der Waals surface area contributed by atoms with E-state index in [2.05, 4.69) is 43.7 Å². The predicted molar refractivity (Wildman–Crippen MR) is 66.2 cm³/mol. The third-order valence-electron chi connectivity index (χ3n) is 2.26. The van der Waals surface area contributed by atoms with Gasteiger partial charge in [-0.3, -0.25) is 4.68 Å². The Morgan fingerprint density at radius 2 is 2.13 bits per heavy atom. The summed E-state index contributed by atoms with van der Waals surface area (Å²) in [6.07, 6.45) is 5.36. The van der Waals surface area contributed by atoms with E-state index in [1.54, 1.807) is 0 Å². The van der Waals surface area contributed by atoms with Crippen LogP contribution in [-0.2, 0) is 13.0 Å². The van der Waals surface area contributed by atoms with Crippen LogP contribution >= 0.6 is 12.6 Å². The average molecular weight is 227 g/mol. The van der Waals surface area contributed by atoms with Gasteiger partial charge in [-0.1, -0.05) is 26.0 Å². The minimum atomic E-state index is 0.353. The van der Waals surface area contributed by atoms with Gasteiger partial charge in [-0.15, -0.1) is 5.10 Å². The Labute approximate surface area is 97.7 Å². The first-order chi connectivity index (χ1) is 7.08. The monoisotopic (exact) mass is 227 g/mol. The molecule has 0 N–H and O–H groups in total. The highest BCUT2D eigenvalue weighted by molar-refractivity contribution is 7.80. The standard InChI is InChI=1S/C11H21N3S/c1-9(2)5-4-6-14-8-11(12-13-14)7-10(3)15/h8-10,15H,4-7H2,1-3H3. The third kappa shape index (κ3) is 5.21. The van der Waals surface area contributed by atoms with Gasteiger partial charge in [-0.25, -0.2) is 0 Å². The normalized spacial score (nSPS) is 13.4. The van der Waals surface area contributed by atoms with Gasteiger partial charge >= 0.3 is 0 Å². The molecule has 0 fully saturated rings. The van der Waals surface area contributed by atoms with E-state index in [4.69, 9.17) is 0 Å². The summed E-state index contributed by atoms with van der Waals surface area (Å²) < 4.78 is 1.94. The summed E-state index contributed by atoms with van der Waals surface area (Å²) in [6, 6.07) is 0. The quantitative estimate of drug-likeness (QED) is 0.757. The zero-order chi connectivity index (χ0) is 11.3. The number of hydrogen-bond donors (Lipinski definition) is 1. The second kappa shape index (κ2) is 6.16. The molecule has 0 aromatic carbocycles. The second-order valence-electron chi connectivity index (χ2n) is 4.56. The van der Waals surface area contributed by atoms with Crippen molar-refractivity contribution in [1.29, 1.82) is 0 Å². The number of aromatic nitrogens is 3. The Balaban J connectivity index is 2.33. The van der Waals surface area contributed by atoms with Crippen LogP contribution in [0.4, 0.5) is 0 Å². The first kappa shape index (κ1) is 12.6. The van der Waals surface area contributed by atoms with Gasteiger partial charge in [0.15, 0.2) is 0 Å². The number of nitrogens with zero attached hydrogens (tertiary/aromatic N) is 3.